The van der Waals surface area contributed by atoms with Gasteiger partial charge in [-0.1, -0.05) is 32.1 Å². The molecular weight excluding hydrogens is 379 g/mol. The summed E-state index contributed by atoms with van der Waals surface area (Å²) in [6.07, 6.45) is 9.44. The molecule has 0 unspecified atom stereocenters. The van der Waals surface area contributed by atoms with Gasteiger partial charge in [0.15, 0.2) is 0 Å². The van der Waals surface area contributed by atoms with Crippen LogP contribution in [0.25, 0.3) is 0 Å². The Morgan fingerprint density at radius 1 is 0.964 bits per heavy atom. The van der Waals surface area contributed by atoms with E-state index in [2.05, 4.69) is 5.32 Å². The zero-order valence-electron chi connectivity index (χ0n) is 16.4. The number of piperidine rings is 1. The molecular formula is C21H31FN2O3S. The van der Waals surface area contributed by atoms with Gasteiger partial charge in [-0.15, -0.1) is 0 Å². The van der Waals surface area contributed by atoms with E-state index in [1.165, 1.54) is 47.8 Å². The van der Waals surface area contributed by atoms with Crippen LogP contribution in [0.4, 0.5) is 4.39 Å². The lowest BCUT2D eigenvalue weighted by atomic mass is 9.90. The molecule has 3 rings (SSSR count). The van der Waals surface area contributed by atoms with Crippen LogP contribution in [0.2, 0.25) is 0 Å². The van der Waals surface area contributed by atoms with Gasteiger partial charge in [0.25, 0.3) is 0 Å². The minimum Gasteiger partial charge on any atom is -0.356 e. The van der Waals surface area contributed by atoms with Crippen molar-refractivity contribution >= 4 is 15.9 Å². The van der Waals surface area contributed by atoms with Crippen LogP contribution in [0.5, 0.6) is 0 Å². The largest absolute Gasteiger partial charge is 0.356 e. The molecule has 2 fully saturated rings. The van der Waals surface area contributed by atoms with Crippen LogP contribution in [-0.2, 0) is 14.8 Å². The fraction of sp³-hybridized carbons (Fsp3) is 0.667. The number of rotatable bonds is 5. The summed E-state index contributed by atoms with van der Waals surface area (Å²) in [4.78, 5) is 12.6. The van der Waals surface area contributed by atoms with Gasteiger partial charge in [-0.3, -0.25) is 4.79 Å². The van der Waals surface area contributed by atoms with Crippen molar-refractivity contribution in [3.8, 4) is 0 Å². The molecule has 0 spiro atoms. The van der Waals surface area contributed by atoms with Gasteiger partial charge in [-0.25, -0.2) is 12.8 Å². The number of benzene rings is 1. The van der Waals surface area contributed by atoms with Crippen molar-refractivity contribution in [2.75, 3.05) is 19.6 Å². The summed E-state index contributed by atoms with van der Waals surface area (Å²) in [5, 5.41) is 3.11. The maximum absolute atomic E-state index is 13.1. The van der Waals surface area contributed by atoms with Crippen LogP contribution < -0.4 is 5.32 Å². The summed E-state index contributed by atoms with van der Waals surface area (Å²) in [7, 11) is -3.58. The number of halogens is 1. The number of carbonyl (C=O) groups excluding carboxylic acids is 1. The molecule has 1 amide bonds. The third-order valence-corrected chi connectivity index (χ3v) is 7.98. The van der Waals surface area contributed by atoms with Gasteiger partial charge in [0.1, 0.15) is 5.82 Å². The highest BCUT2D eigenvalue weighted by Crippen LogP contribution is 2.25. The van der Waals surface area contributed by atoms with Crippen molar-refractivity contribution in [1.82, 2.24) is 9.62 Å². The molecule has 28 heavy (non-hydrogen) atoms. The summed E-state index contributed by atoms with van der Waals surface area (Å²) in [6, 6.07) is 4.97. The summed E-state index contributed by atoms with van der Waals surface area (Å²) >= 11 is 0. The van der Waals surface area contributed by atoms with Gasteiger partial charge in [-0.2, -0.15) is 4.31 Å². The number of sulfonamides is 1. The minimum atomic E-state index is -3.58. The molecule has 0 atom stereocenters. The Kier molecular flexibility index (Phi) is 7.46. The molecule has 0 radical (unpaired) electrons. The summed E-state index contributed by atoms with van der Waals surface area (Å²) < 4.78 is 39.9. The molecule has 1 aromatic carbocycles. The van der Waals surface area contributed by atoms with E-state index in [4.69, 9.17) is 0 Å². The van der Waals surface area contributed by atoms with Crippen LogP contribution >= 0.6 is 0 Å². The highest BCUT2D eigenvalue weighted by atomic mass is 32.2. The second-order valence-electron chi connectivity index (χ2n) is 8.09. The zero-order chi connectivity index (χ0) is 20.0. The summed E-state index contributed by atoms with van der Waals surface area (Å²) in [5.74, 6) is 0.164. The number of nitrogens with zero attached hydrogens (tertiary/aromatic N) is 1. The first-order valence-corrected chi connectivity index (χ1v) is 11.9. The Balaban J connectivity index is 1.46. The Bertz CT molecular complexity index is 735. The molecule has 0 bridgehead atoms. The van der Waals surface area contributed by atoms with Crippen LogP contribution in [0.15, 0.2) is 29.2 Å². The van der Waals surface area contributed by atoms with Crippen molar-refractivity contribution in [3.63, 3.8) is 0 Å². The quantitative estimate of drug-likeness (QED) is 0.805. The standard InChI is InChI=1S/C21H31FN2O3S/c22-19-8-10-20(11-9-19)28(26,27)24-14-12-17(13-15-24)16-23-21(25)18-6-4-2-1-3-5-7-18/h8-11,17-18H,1-7,12-16H2,(H,23,25). The lowest BCUT2D eigenvalue weighted by molar-refractivity contribution is -0.125. The molecule has 1 aromatic rings. The molecule has 1 N–H and O–H groups in total. The molecule has 1 heterocycles. The third kappa shape index (κ3) is 5.54. The van der Waals surface area contributed by atoms with E-state index in [1.54, 1.807) is 0 Å². The number of hydrogen-bond donors (Lipinski definition) is 1. The number of carbonyl (C=O) groups is 1. The normalized spacial score (nSPS) is 21.0. The third-order valence-electron chi connectivity index (χ3n) is 6.07. The second kappa shape index (κ2) is 9.83. The first-order valence-electron chi connectivity index (χ1n) is 10.5. The summed E-state index contributed by atoms with van der Waals surface area (Å²) in [6.45, 7) is 1.49. The van der Waals surface area contributed by atoms with E-state index in [1.807, 2.05) is 0 Å². The molecule has 0 aromatic heterocycles. The lowest BCUT2D eigenvalue weighted by Crippen LogP contribution is -2.42. The first-order chi connectivity index (χ1) is 13.5. The van der Waals surface area contributed by atoms with Gasteiger partial charge in [0, 0.05) is 25.6 Å². The average molecular weight is 411 g/mol. The van der Waals surface area contributed by atoms with Crippen molar-refractivity contribution < 1.29 is 17.6 Å². The minimum absolute atomic E-state index is 0.130. The van der Waals surface area contributed by atoms with Crippen molar-refractivity contribution in [1.29, 1.82) is 0 Å². The average Bonchev–Trinajstić information content (AvgIpc) is 2.66. The van der Waals surface area contributed by atoms with Gasteiger partial charge in [-0.05, 0) is 55.9 Å². The molecule has 1 saturated heterocycles. The topological polar surface area (TPSA) is 66.5 Å². The van der Waals surface area contributed by atoms with Crippen molar-refractivity contribution in [3.05, 3.63) is 30.1 Å². The predicted octanol–water partition coefficient (Wildman–Crippen LogP) is 3.70. The van der Waals surface area contributed by atoms with E-state index < -0.39 is 15.8 Å². The van der Waals surface area contributed by atoms with Gasteiger partial charge >= 0.3 is 0 Å². The van der Waals surface area contributed by atoms with Crippen LogP contribution in [0.1, 0.15) is 57.8 Å². The smallest absolute Gasteiger partial charge is 0.243 e. The number of hydrogen-bond acceptors (Lipinski definition) is 3. The Labute approximate surface area is 167 Å². The molecule has 1 aliphatic carbocycles. The van der Waals surface area contributed by atoms with E-state index >= 15 is 0 Å². The number of amides is 1. The molecule has 1 aliphatic heterocycles. The van der Waals surface area contributed by atoms with Crippen molar-refractivity contribution in [2.24, 2.45) is 11.8 Å². The Hall–Kier alpha value is -1.47. The summed E-state index contributed by atoms with van der Waals surface area (Å²) in [5.41, 5.74) is 0. The highest BCUT2D eigenvalue weighted by Gasteiger charge is 2.30. The van der Waals surface area contributed by atoms with Gasteiger partial charge < -0.3 is 5.32 Å². The van der Waals surface area contributed by atoms with Gasteiger partial charge in [0.05, 0.1) is 4.90 Å². The first kappa shape index (κ1) is 21.2. The molecule has 156 valence electrons. The molecule has 5 nitrogen and oxygen atoms in total. The Morgan fingerprint density at radius 2 is 1.54 bits per heavy atom. The lowest BCUT2D eigenvalue weighted by Gasteiger charge is -2.31. The van der Waals surface area contributed by atoms with Crippen LogP contribution in [0, 0.1) is 17.7 Å². The molecule has 7 heteroatoms. The Morgan fingerprint density at radius 3 is 2.14 bits per heavy atom. The second-order valence-corrected chi connectivity index (χ2v) is 10.0. The van der Waals surface area contributed by atoms with E-state index in [0.717, 1.165) is 38.5 Å². The zero-order valence-corrected chi connectivity index (χ0v) is 17.2. The van der Waals surface area contributed by atoms with E-state index in [9.17, 15) is 17.6 Å². The van der Waals surface area contributed by atoms with Crippen LogP contribution in [-0.4, -0.2) is 38.3 Å². The fourth-order valence-electron chi connectivity index (χ4n) is 4.22. The van der Waals surface area contributed by atoms with Crippen molar-refractivity contribution in [2.45, 2.75) is 62.7 Å². The fourth-order valence-corrected chi connectivity index (χ4v) is 5.69. The maximum Gasteiger partial charge on any atom is 0.243 e. The molecule has 2 aliphatic rings. The molecule has 1 saturated carbocycles. The predicted molar refractivity (Wildman–Crippen MR) is 107 cm³/mol. The highest BCUT2D eigenvalue weighted by molar-refractivity contribution is 7.89. The monoisotopic (exact) mass is 410 g/mol. The maximum atomic E-state index is 13.1. The number of nitrogens with one attached hydrogen (secondary N) is 1. The van der Waals surface area contributed by atoms with E-state index in [-0.39, 0.29) is 16.7 Å². The van der Waals surface area contributed by atoms with Gasteiger partial charge in [0.2, 0.25) is 15.9 Å². The van der Waals surface area contributed by atoms with Crippen LogP contribution in [0.3, 0.4) is 0 Å². The SMILES string of the molecule is O=C(NCC1CCN(S(=O)(=O)c2ccc(F)cc2)CC1)C1CCCCCCC1. The van der Waals surface area contributed by atoms with E-state index in [0.29, 0.717) is 25.6 Å².